The van der Waals surface area contributed by atoms with Crippen molar-refractivity contribution >= 4 is 11.6 Å². The van der Waals surface area contributed by atoms with Crippen molar-refractivity contribution in [3.63, 3.8) is 0 Å². The summed E-state index contributed by atoms with van der Waals surface area (Å²) in [7, 11) is 1.34. The zero-order valence-corrected chi connectivity index (χ0v) is 10.4. The number of ether oxygens (including phenoxy) is 2. The molecule has 0 aliphatic carbocycles. The minimum absolute atomic E-state index is 0.165. The van der Waals surface area contributed by atoms with Crippen molar-refractivity contribution in [2.24, 2.45) is 0 Å². The molecule has 0 spiro atoms. The Hall–Kier alpha value is -0.980. The molecular formula is C11H12ClF3O3. The molecule has 7 heteroatoms. The van der Waals surface area contributed by atoms with E-state index < -0.39 is 24.1 Å². The number of hydrogen-bond donors (Lipinski definition) is 1. The molecule has 1 rings (SSSR count). The van der Waals surface area contributed by atoms with Crippen LogP contribution in [0.3, 0.4) is 0 Å². The molecule has 0 bridgehead atoms. The SMILES string of the molecule is COC(C)Oc1cc(Cl)ccc1[C@@H](O)C(F)(F)F. The smallest absolute Gasteiger partial charge is 0.418 e. The minimum Gasteiger partial charge on any atom is -0.465 e. The highest BCUT2D eigenvalue weighted by Gasteiger charge is 2.41. The van der Waals surface area contributed by atoms with E-state index in [1.165, 1.54) is 26.2 Å². The lowest BCUT2D eigenvalue weighted by Gasteiger charge is -2.20. The van der Waals surface area contributed by atoms with Crippen molar-refractivity contribution in [3.8, 4) is 5.75 Å². The van der Waals surface area contributed by atoms with Gasteiger partial charge in [0.25, 0.3) is 0 Å². The Labute approximate surface area is 107 Å². The Morgan fingerprint density at radius 1 is 1.33 bits per heavy atom. The Balaban J connectivity index is 3.11. The number of methoxy groups -OCH3 is 1. The van der Waals surface area contributed by atoms with Crippen molar-refractivity contribution in [1.82, 2.24) is 0 Å². The summed E-state index contributed by atoms with van der Waals surface area (Å²) >= 11 is 5.68. The van der Waals surface area contributed by atoms with E-state index in [4.69, 9.17) is 21.1 Å². The number of benzene rings is 1. The molecule has 2 atom stereocenters. The third-order valence-electron chi connectivity index (χ3n) is 2.21. The Kier molecular flexibility index (Phi) is 4.84. The fourth-order valence-corrected chi connectivity index (χ4v) is 1.40. The van der Waals surface area contributed by atoms with Crippen molar-refractivity contribution in [3.05, 3.63) is 28.8 Å². The van der Waals surface area contributed by atoms with Crippen LogP contribution in [0.4, 0.5) is 13.2 Å². The summed E-state index contributed by atoms with van der Waals surface area (Å²) in [6, 6.07) is 3.51. The number of aliphatic hydroxyl groups excluding tert-OH is 1. The van der Waals surface area contributed by atoms with Crippen molar-refractivity contribution in [2.45, 2.75) is 25.5 Å². The maximum atomic E-state index is 12.5. The van der Waals surface area contributed by atoms with Crippen LogP contribution in [0.15, 0.2) is 18.2 Å². The summed E-state index contributed by atoms with van der Waals surface area (Å²) < 4.78 is 47.3. The number of aliphatic hydroxyl groups is 1. The summed E-state index contributed by atoms with van der Waals surface area (Å²) in [4.78, 5) is 0. The van der Waals surface area contributed by atoms with E-state index in [1.807, 2.05) is 0 Å². The zero-order chi connectivity index (χ0) is 13.9. The maximum Gasteiger partial charge on any atom is 0.418 e. The summed E-state index contributed by atoms with van der Waals surface area (Å²) in [5.74, 6) is -0.165. The van der Waals surface area contributed by atoms with E-state index in [1.54, 1.807) is 0 Å². The second-order valence-corrected chi connectivity index (χ2v) is 3.98. The van der Waals surface area contributed by atoms with Gasteiger partial charge in [0, 0.05) is 17.7 Å². The standard InChI is InChI=1S/C11H12ClF3O3/c1-6(17-2)18-9-5-7(12)3-4-8(9)10(16)11(13,14)15/h3-6,10,16H,1-2H3/t6?,10-/m1/s1. The molecule has 102 valence electrons. The van der Waals surface area contributed by atoms with Crippen molar-refractivity contribution in [2.75, 3.05) is 7.11 Å². The van der Waals surface area contributed by atoms with Crippen LogP contribution in [-0.4, -0.2) is 24.7 Å². The largest absolute Gasteiger partial charge is 0.465 e. The zero-order valence-electron chi connectivity index (χ0n) is 9.66. The van der Waals surface area contributed by atoms with Crippen LogP contribution in [0.2, 0.25) is 5.02 Å². The lowest BCUT2D eigenvalue weighted by Crippen LogP contribution is -2.22. The average Bonchev–Trinajstić information content (AvgIpc) is 2.27. The maximum absolute atomic E-state index is 12.5. The average molecular weight is 285 g/mol. The number of alkyl halides is 3. The second-order valence-electron chi connectivity index (χ2n) is 3.55. The van der Waals surface area contributed by atoms with Crippen LogP contribution in [0.1, 0.15) is 18.6 Å². The van der Waals surface area contributed by atoms with Gasteiger partial charge in [0.1, 0.15) is 5.75 Å². The summed E-state index contributed by atoms with van der Waals surface area (Å²) in [5, 5.41) is 9.43. The molecule has 1 aromatic carbocycles. The minimum atomic E-state index is -4.78. The molecule has 1 aromatic rings. The third-order valence-corrected chi connectivity index (χ3v) is 2.44. The Morgan fingerprint density at radius 3 is 2.44 bits per heavy atom. The van der Waals surface area contributed by atoms with Gasteiger partial charge in [-0.05, 0) is 19.1 Å². The molecule has 1 N–H and O–H groups in total. The van der Waals surface area contributed by atoms with E-state index in [0.717, 1.165) is 6.07 Å². The fraction of sp³-hybridized carbons (Fsp3) is 0.455. The second kappa shape index (κ2) is 5.77. The van der Waals surface area contributed by atoms with E-state index in [-0.39, 0.29) is 10.8 Å². The van der Waals surface area contributed by atoms with Crippen LogP contribution < -0.4 is 4.74 Å². The Bertz CT molecular complexity index is 409. The van der Waals surface area contributed by atoms with Gasteiger partial charge in [-0.3, -0.25) is 0 Å². The van der Waals surface area contributed by atoms with Gasteiger partial charge < -0.3 is 14.6 Å². The van der Waals surface area contributed by atoms with Gasteiger partial charge in [-0.15, -0.1) is 0 Å². The van der Waals surface area contributed by atoms with E-state index in [9.17, 15) is 18.3 Å². The first-order valence-corrected chi connectivity index (χ1v) is 5.37. The fourth-order valence-electron chi connectivity index (χ4n) is 1.24. The van der Waals surface area contributed by atoms with Gasteiger partial charge in [-0.25, -0.2) is 0 Å². The first kappa shape index (κ1) is 15.1. The summed E-state index contributed by atoms with van der Waals surface area (Å²) in [5.41, 5.74) is -0.407. The highest BCUT2D eigenvalue weighted by Crippen LogP contribution is 2.38. The topological polar surface area (TPSA) is 38.7 Å². The lowest BCUT2D eigenvalue weighted by molar-refractivity contribution is -0.207. The summed E-state index contributed by atoms with van der Waals surface area (Å²) in [6.45, 7) is 1.50. The quantitative estimate of drug-likeness (QED) is 0.862. The predicted octanol–water partition coefficient (Wildman–Crippen LogP) is 3.31. The van der Waals surface area contributed by atoms with E-state index >= 15 is 0 Å². The third kappa shape index (κ3) is 3.76. The van der Waals surface area contributed by atoms with Gasteiger partial charge in [-0.2, -0.15) is 13.2 Å². The first-order chi connectivity index (χ1) is 8.25. The molecule has 0 amide bonds. The van der Waals surface area contributed by atoms with Crippen LogP contribution in [0, 0.1) is 0 Å². The molecule has 0 heterocycles. The number of rotatable bonds is 4. The van der Waals surface area contributed by atoms with Gasteiger partial charge in [-0.1, -0.05) is 17.7 Å². The molecule has 0 fully saturated rings. The molecule has 18 heavy (non-hydrogen) atoms. The highest BCUT2D eigenvalue weighted by molar-refractivity contribution is 6.30. The van der Waals surface area contributed by atoms with Crippen molar-refractivity contribution in [1.29, 1.82) is 0 Å². The van der Waals surface area contributed by atoms with Gasteiger partial charge in [0.05, 0.1) is 0 Å². The predicted molar refractivity (Wildman–Crippen MR) is 59.6 cm³/mol. The normalized spacial score (nSPS) is 15.3. The molecule has 1 unspecified atom stereocenters. The van der Waals surface area contributed by atoms with Gasteiger partial charge in [0.15, 0.2) is 12.4 Å². The van der Waals surface area contributed by atoms with Crippen LogP contribution >= 0.6 is 11.6 Å². The number of hydrogen-bond acceptors (Lipinski definition) is 3. The van der Waals surface area contributed by atoms with Gasteiger partial charge in [0.2, 0.25) is 0 Å². The molecule has 0 saturated carbocycles. The van der Waals surface area contributed by atoms with E-state index in [2.05, 4.69) is 0 Å². The molecule has 0 aliphatic rings. The van der Waals surface area contributed by atoms with Crippen LogP contribution in [-0.2, 0) is 4.74 Å². The monoisotopic (exact) mass is 284 g/mol. The number of halogens is 4. The van der Waals surface area contributed by atoms with E-state index in [0.29, 0.717) is 0 Å². The molecule has 0 aromatic heterocycles. The van der Waals surface area contributed by atoms with Crippen LogP contribution in [0.25, 0.3) is 0 Å². The lowest BCUT2D eigenvalue weighted by atomic mass is 10.1. The van der Waals surface area contributed by atoms with Gasteiger partial charge >= 0.3 is 6.18 Å². The summed E-state index contributed by atoms with van der Waals surface area (Å²) in [6.07, 6.45) is -8.17. The first-order valence-electron chi connectivity index (χ1n) is 4.99. The molecule has 0 radical (unpaired) electrons. The molecule has 0 aliphatic heterocycles. The molecule has 0 saturated heterocycles. The molecule has 3 nitrogen and oxygen atoms in total. The van der Waals surface area contributed by atoms with Crippen molar-refractivity contribution < 1.29 is 27.8 Å². The highest BCUT2D eigenvalue weighted by atomic mass is 35.5. The molecular weight excluding hydrogens is 273 g/mol. The van der Waals surface area contributed by atoms with Crippen LogP contribution in [0.5, 0.6) is 5.75 Å². The Morgan fingerprint density at radius 2 is 1.94 bits per heavy atom.